The highest BCUT2D eigenvalue weighted by Gasteiger charge is 2.16. The lowest BCUT2D eigenvalue weighted by atomic mass is 10.0. The average Bonchev–Trinajstić information content (AvgIpc) is 2.35. The molecule has 0 aliphatic carbocycles. The first-order valence-electron chi connectivity index (χ1n) is 5.30. The van der Waals surface area contributed by atoms with E-state index in [1.807, 2.05) is 0 Å². The summed E-state index contributed by atoms with van der Waals surface area (Å²) in [7, 11) is 0. The van der Waals surface area contributed by atoms with Crippen LogP contribution < -0.4 is 0 Å². The van der Waals surface area contributed by atoms with Crippen LogP contribution in [0.1, 0.15) is 17.2 Å². The molecule has 0 saturated heterocycles. The van der Waals surface area contributed by atoms with Crippen molar-refractivity contribution < 1.29 is 9.50 Å². The number of pyridine rings is 1. The van der Waals surface area contributed by atoms with Crippen molar-refractivity contribution in [2.45, 2.75) is 12.5 Å². The molecule has 2 aromatic rings. The van der Waals surface area contributed by atoms with E-state index in [4.69, 9.17) is 23.2 Å². The van der Waals surface area contributed by atoms with Gasteiger partial charge in [-0.15, -0.1) is 0 Å². The third-order valence-corrected chi connectivity index (χ3v) is 3.35. The molecule has 1 N–H and O–H groups in total. The third-order valence-electron chi connectivity index (χ3n) is 2.61. The lowest BCUT2D eigenvalue weighted by Crippen LogP contribution is -2.04. The van der Waals surface area contributed by atoms with Crippen LogP contribution in [0.15, 0.2) is 36.7 Å². The Kier molecular flexibility index (Phi) is 4.17. The summed E-state index contributed by atoms with van der Waals surface area (Å²) in [6, 6.07) is 6.05. The molecule has 0 aliphatic heterocycles. The van der Waals surface area contributed by atoms with Crippen LogP contribution in [0.4, 0.5) is 4.39 Å². The minimum Gasteiger partial charge on any atom is -0.388 e. The van der Waals surface area contributed by atoms with Crippen LogP contribution in [0.2, 0.25) is 10.0 Å². The summed E-state index contributed by atoms with van der Waals surface area (Å²) < 4.78 is 13.3. The first-order valence-corrected chi connectivity index (χ1v) is 6.05. The quantitative estimate of drug-likeness (QED) is 0.930. The van der Waals surface area contributed by atoms with Gasteiger partial charge in [0, 0.05) is 24.4 Å². The molecule has 0 bridgehead atoms. The summed E-state index contributed by atoms with van der Waals surface area (Å²) in [5, 5.41) is 10.5. The van der Waals surface area contributed by atoms with Gasteiger partial charge in [-0.05, 0) is 17.7 Å². The Hall–Kier alpha value is -1.16. The number of halogens is 3. The highest BCUT2D eigenvalue weighted by molar-refractivity contribution is 6.31. The van der Waals surface area contributed by atoms with E-state index in [-0.39, 0.29) is 11.4 Å². The van der Waals surface area contributed by atoms with Crippen molar-refractivity contribution in [1.82, 2.24) is 4.98 Å². The van der Waals surface area contributed by atoms with Crippen LogP contribution in [-0.2, 0) is 6.42 Å². The van der Waals surface area contributed by atoms with E-state index in [1.165, 1.54) is 18.3 Å². The summed E-state index contributed by atoms with van der Waals surface area (Å²) in [4.78, 5) is 3.86. The average molecular weight is 286 g/mol. The van der Waals surface area contributed by atoms with Crippen molar-refractivity contribution in [2.75, 3.05) is 0 Å². The van der Waals surface area contributed by atoms with Crippen LogP contribution in [0.3, 0.4) is 0 Å². The molecule has 0 saturated carbocycles. The summed E-state index contributed by atoms with van der Waals surface area (Å²) >= 11 is 11.8. The molecule has 0 spiro atoms. The molecule has 1 heterocycles. The van der Waals surface area contributed by atoms with Gasteiger partial charge in [-0.1, -0.05) is 35.3 Å². The van der Waals surface area contributed by atoms with Crippen molar-refractivity contribution in [3.8, 4) is 0 Å². The monoisotopic (exact) mass is 285 g/mol. The van der Waals surface area contributed by atoms with E-state index < -0.39 is 11.9 Å². The number of hydrogen-bond acceptors (Lipinski definition) is 2. The van der Waals surface area contributed by atoms with E-state index in [1.54, 1.807) is 18.3 Å². The van der Waals surface area contributed by atoms with Gasteiger partial charge < -0.3 is 5.11 Å². The molecule has 0 aliphatic rings. The summed E-state index contributed by atoms with van der Waals surface area (Å²) in [5.41, 5.74) is 1.09. The Morgan fingerprint density at radius 1 is 1.28 bits per heavy atom. The van der Waals surface area contributed by atoms with E-state index in [9.17, 15) is 9.50 Å². The summed E-state index contributed by atoms with van der Waals surface area (Å²) in [6.45, 7) is 0. The molecule has 0 amide bonds. The van der Waals surface area contributed by atoms with Crippen molar-refractivity contribution in [3.63, 3.8) is 0 Å². The van der Waals surface area contributed by atoms with Gasteiger partial charge in [0.05, 0.1) is 16.1 Å². The summed E-state index contributed by atoms with van der Waals surface area (Å²) in [6.07, 6.45) is 2.43. The molecule has 1 aromatic carbocycles. The highest BCUT2D eigenvalue weighted by Crippen LogP contribution is 2.29. The number of nitrogens with zero attached hydrogens (tertiary/aromatic N) is 1. The lowest BCUT2D eigenvalue weighted by Gasteiger charge is -2.13. The maximum absolute atomic E-state index is 13.3. The normalized spacial score (nSPS) is 12.4. The molecule has 0 fully saturated rings. The number of aliphatic hydroxyl groups is 1. The maximum atomic E-state index is 13.3. The number of aromatic nitrogens is 1. The van der Waals surface area contributed by atoms with Crippen LogP contribution in [-0.4, -0.2) is 10.1 Å². The van der Waals surface area contributed by atoms with Crippen molar-refractivity contribution >= 4 is 23.2 Å². The van der Waals surface area contributed by atoms with Crippen LogP contribution in [0.25, 0.3) is 0 Å². The van der Waals surface area contributed by atoms with Crippen molar-refractivity contribution in [1.29, 1.82) is 0 Å². The largest absolute Gasteiger partial charge is 0.388 e. The fraction of sp³-hybridized carbons (Fsp3) is 0.154. The molecule has 94 valence electrons. The van der Waals surface area contributed by atoms with Gasteiger partial charge in [-0.25, -0.2) is 4.39 Å². The second kappa shape index (κ2) is 5.65. The molecule has 2 nitrogen and oxygen atoms in total. The highest BCUT2D eigenvalue weighted by atomic mass is 35.5. The Morgan fingerprint density at radius 2 is 2.06 bits per heavy atom. The minimum absolute atomic E-state index is 0.0600. The predicted octanol–water partition coefficient (Wildman–Crippen LogP) is 3.80. The van der Waals surface area contributed by atoms with E-state index >= 15 is 0 Å². The van der Waals surface area contributed by atoms with Gasteiger partial charge in [0.2, 0.25) is 0 Å². The molecule has 0 radical (unpaired) electrons. The second-order valence-corrected chi connectivity index (χ2v) is 4.62. The van der Waals surface area contributed by atoms with Crippen LogP contribution >= 0.6 is 23.2 Å². The van der Waals surface area contributed by atoms with Gasteiger partial charge in [0.15, 0.2) is 0 Å². The number of benzene rings is 1. The number of hydrogen-bond donors (Lipinski definition) is 1. The van der Waals surface area contributed by atoms with Gasteiger partial charge in [0.25, 0.3) is 0 Å². The number of rotatable bonds is 3. The van der Waals surface area contributed by atoms with Crippen molar-refractivity contribution in [2.24, 2.45) is 0 Å². The fourth-order valence-corrected chi connectivity index (χ4v) is 2.11. The van der Waals surface area contributed by atoms with Gasteiger partial charge in [0.1, 0.15) is 5.82 Å². The Balaban J connectivity index is 2.25. The van der Waals surface area contributed by atoms with Gasteiger partial charge in [-0.3, -0.25) is 4.98 Å². The first-order chi connectivity index (χ1) is 8.59. The van der Waals surface area contributed by atoms with E-state index in [2.05, 4.69) is 4.98 Å². The first kappa shape index (κ1) is 13.3. The van der Waals surface area contributed by atoms with Crippen molar-refractivity contribution in [3.05, 3.63) is 63.6 Å². The Labute approximate surface area is 114 Å². The topological polar surface area (TPSA) is 33.1 Å². The SMILES string of the molecule is OC(Cc1ccncc1Cl)c1cccc(F)c1Cl. The molecule has 2 rings (SSSR count). The molecule has 1 unspecified atom stereocenters. The zero-order valence-electron chi connectivity index (χ0n) is 9.28. The molecular formula is C13H10Cl2FNO. The minimum atomic E-state index is -0.909. The number of aliphatic hydroxyl groups excluding tert-OH is 1. The molecule has 1 aromatic heterocycles. The predicted molar refractivity (Wildman–Crippen MR) is 69.3 cm³/mol. The Bertz CT molecular complexity index is 562. The smallest absolute Gasteiger partial charge is 0.142 e. The van der Waals surface area contributed by atoms with Gasteiger partial charge >= 0.3 is 0 Å². The fourth-order valence-electron chi connectivity index (χ4n) is 1.67. The van der Waals surface area contributed by atoms with Crippen LogP contribution in [0, 0.1) is 5.82 Å². The van der Waals surface area contributed by atoms with E-state index in [0.717, 1.165) is 5.56 Å². The van der Waals surface area contributed by atoms with Gasteiger partial charge in [-0.2, -0.15) is 0 Å². The Morgan fingerprint density at radius 3 is 2.78 bits per heavy atom. The molecule has 18 heavy (non-hydrogen) atoms. The van der Waals surface area contributed by atoms with E-state index in [0.29, 0.717) is 10.6 Å². The third kappa shape index (κ3) is 2.80. The maximum Gasteiger partial charge on any atom is 0.142 e. The zero-order chi connectivity index (χ0) is 13.1. The summed E-state index contributed by atoms with van der Waals surface area (Å²) in [5.74, 6) is -0.547. The zero-order valence-corrected chi connectivity index (χ0v) is 10.8. The molecular weight excluding hydrogens is 276 g/mol. The second-order valence-electron chi connectivity index (χ2n) is 3.83. The van der Waals surface area contributed by atoms with Crippen LogP contribution in [0.5, 0.6) is 0 Å². The standard InChI is InChI=1S/C13H10Cl2FNO/c14-10-7-17-5-4-8(10)6-12(18)9-2-1-3-11(16)13(9)15/h1-5,7,12,18H,6H2. The molecule has 1 atom stereocenters. The lowest BCUT2D eigenvalue weighted by molar-refractivity contribution is 0.178. The molecule has 5 heteroatoms.